The Hall–Kier alpha value is -1.23. The Bertz CT molecular complexity index is 468. The lowest BCUT2D eigenvalue weighted by molar-refractivity contribution is -0.137. The van der Waals surface area contributed by atoms with Crippen LogP contribution in [0.25, 0.3) is 0 Å². The van der Waals surface area contributed by atoms with Crippen molar-refractivity contribution in [2.45, 2.75) is 37.5 Å². The summed E-state index contributed by atoms with van der Waals surface area (Å²) in [6, 6.07) is 4.74. The predicted octanol–water partition coefficient (Wildman–Crippen LogP) is 2.56. The molecule has 5 heteroatoms. The van der Waals surface area contributed by atoms with Gasteiger partial charge in [0.15, 0.2) is 0 Å². The van der Waals surface area contributed by atoms with E-state index in [0.717, 1.165) is 24.8 Å². The average molecular weight is 256 g/mol. The van der Waals surface area contributed by atoms with Gasteiger partial charge < -0.3 is 10.6 Å². The van der Waals surface area contributed by atoms with Crippen LogP contribution in [-0.2, 0) is 12.6 Å². The first-order valence-electron chi connectivity index (χ1n) is 6.20. The van der Waals surface area contributed by atoms with E-state index in [1.165, 1.54) is 12.1 Å². The van der Waals surface area contributed by atoms with Crippen molar-refractivity contribution in [3.8, 4) is 0 Å². The molecule has 0 radical (unpaired) electrons. The molecule has 1 aromatic carbocycles. The van der Waals surface area contributed by atoms with Crippen molar-refractivity contribution in [2.24, 2.45) is 5.73 Å². The van der Waals surface area contributed by atoms with Crippen LogP contribution < -0.4 is 10.6 Å². The first kappa shape index (κ1) is 11.8. The molecule has 0 saturated carbocycles. The normalized spacial score (nSPS) is 26.3. The van der Waals surface area contributed by atoms with Gasteiger partial charge in [-0.1, -0.05) is 12.1 Å². The summed E-state index contributed by atoms with van der Waals surface area (Å²) in [5.41, 5.74) is 6.36. The van der Waals surface area contributed by atoms with Crippen LogP contribution in [0, 0.1) is 0 Å². The average Bonchev–Trinajstić information content (AvgIpc) is 2.84. The molecule has 1 saturated heterocycles. The summed E-state index contributed by atoms with van der Waals surface area (Å²) in [6.07, 6.45) is -1.74. The fourth-order valence-electron chi connectivity index (χ4n) is 3.30. The number of alkyl halides is 3. The molecule has 1 aromatic rings. The van der Waals surface area contributed by atoms with E-state index >= 15 is 0 Å². The number of benzene rings is 1. The lowest BCUT2D eigenvalue weighted by Crippen LogP contribution is -2.38. The summed E-state index contributed by atoms with van der Waals surface area (Å²) in [7, 11) is 0. The molecule has 2 unspecified atom stereocenters. The number of para-hydroxylation sites is 1. The largest absolute Gasteiger partial charge is 0.418 e. The number of nitrogens with zero attached hydrogens (tertiary/aromatic N) is 1. The fraction of sp³-hybridized carbons (Fsp3) is 0.538. The second-order valence-electron chi connectivity index (χ2n) is 5.04. The number of halogens is 3. The van der Waals surface area contributed by atoms with Gasteiger partial charge in [0.25, 0.3) is 0 Å². The Morgan fingerprint density at radius 1 is 1.28 bits per heavy atom. The van der Waals surface area contributed by atoms with Crippen LogP contribution >= 0.6 is 0 Å². The molecule has 2 N–H and O–H groups in total. The van der Waals surface area contributed by atoms with Crippen LogP contribution in [0.15, 0.2) is 18.2 Å². The van der Waals surface area contributed by atoms with Crippen LogP contribution in [0.2, 0.25) is 0 Å². The molecular weight excluding hydrogens is 241 g/mol. The van der Waals surface area contributed by atoms with E-state index in [4.69, 9.17) is 5.73 Å². The Morgan fingerprint density at radius 2 is 2.06 bits per heavy atom. The number of hydrogen-bond acceptors (Lipinski definition) is 2. The van der Waals surface area contributed by atoms with Gasteiger partial charge in [-0.05, 0) is 30.9 Å². The van der Waals surface area contributed by atoms with Crippen molar-refractivity contribution in [1.29, 1.82) is 0 Å². The highest BCUT2D eigenvalue weighted by molar-refractivity contribution is 5.67. The molecule has 0 aliphatic carbocycles. The zero-order chi connectivity index (χ0) is 12.9. The molecule has 0 spiro atoms. The highest BCUT2D eigenvalue weighted by Crippen LogP contribution is 2.47. The topological polar surface area (TPSA) is 29.3 Å². The van der Waals surface area contributed by atoms with Gasteiger partial charge in [0, 0.05) is 18.6 Å². The molecule has 18 heavy (non-hydrogen) atoms. The van der Waals surface area contributed by atoms with Gasteiger partial charge in [-0.25, -0.2) is 0 Å². The first-order chi connectivity index (χ1) is 8.52. The molecule has 3 rings (SSSR count). The van der Waals surface area contributed by atoms with Gasteiger partial charge in [-0.2, -0.15) is 13.2 Å². The molecule has 2 nitrogen and oxygen atoms in total. The van der Waals surface area contributed by atoms with Crippen LogP contribution in [0.3, 0.4) is 0 Å². The molecule has 2 atom stereocenters. The number of fused-ring (bicyclic) bond motifs is 3. The summed E-state index contributed by atoms with van der Waals surface area (Å²) in [5, 5.41) is 0. The third kappa shape index (κ3) is 1.61. The van der Waals surface area contributed by atoms with E-state index in [0.29, 0.717) is 12.2 Å². The highest BCUT2D eigenvalue weighted by atomic mass is 19.4. The minimum absolute atomic E-state index is 0.0553. The van der Waals surface area contributed by atoms with Gasteiger partial charge in [-0.3, -0.25) is 0 Å². The molecule has 2 heterocycles. The van der Waals surface area contributed by atoms with Crippen LogP contribution in [-0.4, -0.2) is 18.6 Å². The molecule has 0 bridgehead atoms. The van der Waals surface area contributed by atoms with E-state index in [2.05, 4.69) is 0 Å². The molecule has 0 amide bonds. The standard InChI is InChI=1S/C13H15F3N2/c14-13(15,16)11-3-1-2-8-6-9-4-5-10(7-17)18(9)12(8)11/h1-3,9-10H,4-7,17H2. The van der Waals surface area contributed by atoms with Gasteiger partial charge in [0.2, 0.25) is 0 Å². The van der Waals surface area contributed by atoms with Gasteiger partial charge >= 0.3 is 6.18 Å². The molecule has 2 aliphatic rings. The Labute approximate surface area is 104 Å². The minimum Gasteiger partial charge on any atom is -0.363 e. The van der Waals surface area contributed by atoms with E-state index in [1.807, 2.05) is 4.90 Å². The van der Waals surface area contributed by atoms with Crippen LogP contribution in [0.1, 0.15) is 24.0 Å². The minimum atomic E-state index is -4.29. The molecule has 1 fully saturated rings. The lowest BCUT2D eigenvalue weighted by Gasteiger charge is -2.28. The number of anilines is 1. The second kappa shape index (κ2) is 3.88. The maximum Gasteiger partial charge on any atom is 0.418 e. The summed E-state index contributed by atoms with van der Waals surface area (Å²) in [4.78, 5) is 1.91. The zero-order valence-electron chi connectivity index (χ0n) is 9.87. The Kier molecular flexibility index (Phi) is 2.55. The van der Waals surface area contributed by atoms with Crippen molar-refractivity contribution in [2.75, 3.05) is 11.4 Å². The van der Waals surface area contributed by atoms with Crippen molar-refractivity contribution >= 4 is 5.69 Å². The quantitative estimate of drug-likeness (QED) is 0.836. The van der Waals surface area contributed by atoms with Crippen molar-refractivity contribution in [1.82, 2.24) is 0 Å². The fourth-order valence-corrected chi connectivity index (χ4v) is 3.30. The van der Waals surface area contributed by atoms with Crippen LogP contribution in [0.4, 0.5) is 18.9 Å². The maximum absolute atomic E-state index is 13.1. The van der Waals surface area contributed by atoms with Gasteiger partial charge in [0.1, 0.15) is 0 Å². The highest BCUT2D eigenvalue weighted by Gasteiger charge is 2.44. The molecular formula is C13H15F3N2. The maximum atomic E-state index is 13.1. The van der Waals surface area contributed by atoms with Gasteiger partial charge in [-0.15, -0.1) is 0 Å². The predicted molar refractivity (Wildman–Crippen MR) is 63.5 cm³/mol. The van der Waals surface area contributed by atoms with Crippen molar-refractivity contribution < 1.29 is 13.2 Å². The van der Waals surface area contributed by atoms with E-state index in [-0.39, 0.29) is 12.1 Å². The smallest absolute Gasteiger partial charge is 0.363 e. The lowest BCUT2D eigenvalue weighted by atomic mass is 10.0. The van der Waals surface area contributed by atoms with Crippen LogP contribution in [0.5, 0.6) is 0 Å². The summed E-state index contributed by atoms with van der Waals surface area (Å²) in [6.45, 7) is 0.419. The summed E-state index contributed by atoms with van der Waals surface area (Å²) < 4.78 is 39.2. The van der Waals surface area contributed by atoms with E-state index < -0.39 is 11.7 Å². The number of hydrogen-bond donors (Lipinski definition) is 1. The first-order valence-corrected chi connectivity index (χ1v) is 6.20. The molecule has 0 aromatic heterocycles. The molecule has 2 aliphatic heterocycles. The van der Waals surface area contributed by atoms with E-state index in [9.17, 15) is 13.2 Å². The van der Waals surface area contributed by atoms with Crippen molar-refractivity contribution in [3.63, 3.8) is 0 Å². The summed E-state index contributed by atoms with van der Waals surface area (Å²) in [5.74, 6) is 0. The number of nitrogens with two attached hydrogens (primary N) is 1. The Balaban J connectivity index is 2.11. The Morgan fingerprint density at radius 3 is 2.72 bits per heavy atom. The molecule has 98 valence electrons. The van der Waals surface area contributed by atoms with E-state index in [1.54, 1.807) is 6.07 Å². The SMILES string of the molecule is NCC1CCC2Cc3cccc(C(F)(F)F)c3N12. The van der Waals surface area contributed by atoms with Crippen molar-refractivity contribution in [3.05, 3.63) is 29.3 Å². The summed E-state index contributed by atoms with van der Waals surface area (Å²) >= 11 is 0. The third-order valence-electron chi connectivity index (χ3n) is 4.03. The second-order valence-corrected chi connectivity index (χ2v) is 5.04. The third-order valence-corrected chi connectivity index (χ3v) is 4.03. The van der Waals surface area contributed by atoms with Gasteiger partial charge in [0.05, 0.1) is 11.3 Å². The monoisotopic (exact) mass is 256 g/mol. The number of rotatable bonds is 1. The zero-order valence-corrected chi connectivity index (χ0v) is 9.87.